The van der Waals surface area contributed by atoms with Crippen molar-refractivity contribution in [1.82, 2.24) is 5.32 Å². The molecule has 0 aliphatic heterocycles. The van der Waals surface area contributed by atoms with Crippen LogP contribution in [0.5, 0.6) is 5.75 Å². The Hall–Kier alpha value is -2.23. The maximum absolute atomic E-state index is 12.3. The van der Waals surface area contributed by atoms with Crippen LogP contribution < -0.4 is 5.32 Å². The Kier molecular flexibility index (Phi) is 3.81. The lowest BCUT2D eigenvalue weighted by molar-refractivity contribution is -0.137. The topological polar surface area (TPSA) is 73.1 Å². The van der Waals surface area contributed by atoms with Crippen molar-refractivity contribution >= 4 is 5.91 Å². The average molecular weight is 258 g/mol. The second-order valence-electron chi connectivity index (χ2n) is 3.55. The van der Waals surface area contributed by atoms with E-state index in [1.807, 2.05) is 0 Å². The summed E-state index contributed by atoms with van der Waals surface area (Å²) >= 11 is 0. The smallest absolute Gasteiger partial charge is 0.416 e. The van der Waals surface area contributed by atoms with Gasteiger partial charge in [0, 0.05) is 0 Å². The van der Waals surface area contributed by atoms with Gasteiger partial charge in [0.15, 0.2) is 0 Å². The second-order valence-corrected chi connectivity index (χ2v) is 3.55. The number of nitrogens with zero attached hydrogens (tertiary/aromatic N) is 1. The first-order valence-electron chi connectivity index (χ1n) is 4.86. The van der Waals surface area contributed by atoms with E-state index in [1.54, 1.807) is 6.07 Å². The monoisotopic (exact) mass is 258 g/mol. The van der Waals surface area contributed by atoms with E-state index in [4.69, 9.17) is 5.26 Å². The summed E-state index contributed by atoms with van der Waals surface area (Å²) in [4.78, 5) is 11.5. The predicted molar refractivity (Wildman–Crippen MR) is 55.7 cm³/mol. The number of phenols is 1. The van der Waals surface area contributed by atoms with Gasteiger partial charge in [0.25, 0.3) is 5.91 Å². The Morgan fingerprint density at radius 2 is 2.11 bits per heavy atom. The number of nitriles is 1. The Labute approximate surface area is 101 Å². The van der Waals surface area contributed by atoms with Crippen LogP contribution in [0.15, 0.2) is 18.2 Å². The van der Waals surface area contributed by atoms with Gasteiger partial charge in [0.2, 0.25) is 0 Å². The van der Waals surface area contributed by atoms with Crippen molar-refractivity contribution in [3.8, 4) is 11.8 Å². The number of carbonyl (C=O) groups is 1. The zero-order valence-corrected chi connectivity index (χ0v) is 9.25. The number of aromatic hydroxyl groups is 1. The number of amides is 1. The summed E-state index contributed by atoms with van der Waals surface area (Å²) in [5.74, 6) is -1.59. The summed E-state index contributed by atoms with van der Waals surface area (Å²) in [6.07, 6.45) is -4.59. The van der Waals surface area contributed by atoms with Crippen LogP contribution >= 0.6 is 0 Å². The van der Waals surface area contributed by atoms with E-state index in [1.165, 1.54) is 6.92 Å². The number of hydrogen-bond donors (Lipinski definition) is 2. The first-order valence-corrected chi connectivity index (χ1v) is 4.86. The minimum Gasteiger partial charge on any atom is -0.507 e. The fraction of sp³-hybridized carbons (Fsp3) is 0.273. The van der Waals surface area contributed by atoms with Crippen molar-refractivity contribution in [3.63, 3.8) is 0 Å². The number of halogens is 3. The highest BCUT2D eigenvalue weighted by Gasteiger charge is 2.31. The minimum atomic E-state index is -4.59. The number of benzene rings is 1. The molecule has 0 saturated heterocycles. The molecule has 7 heteroatoms. The number of nitrogens with one attached hydrogen (secondary N) is 1. The molecule has 4 nitrogen and oxygen atoms in total. The lowest BCUT2D eigenvalue weighted by Gasteiger charge is -2.11. The van der Waals surface area contributed by atoms with Crippen molar-refractivity contribution in [2.45, 2.75) is 19.1 Å². The van der Waals surface area contributed by atoms with Crippen LogP contribution in [0.25, 0.3) is 0 Å². The lowest BCUT2D eigenvalue weighted by atomic mass is 10.1. The van der Waals surface area contributed by atoms with Crippen LogP contribution in [0, 0.1) is 11.3 Å². The van der Waals surface area contributed by atoms with Gasteiger partial charge in [-0.3, -0.25) is 4.79 Å². The molecule has 0 radical (unpaired) electrons. The first kappa shape index (κ1) is 13.8. The SMILES string of the molecule is C[C@H](C#N)NC(=O)c1ccc(C(F)(F)F)cc1O. The summed E-state index contributed by atoms with van der Waals surface area (Å²) in [7, 11) is 0. The van der Waals surface area contributed by atoms with E-state index >= 15 is 0 Å². The van der Waals surface area contributed by atoms with E-state index in [0.29, 0.717) is 12.1 Å². The van der Waals surface area contributed by atoms with E-state index in [2.05, 4.69) is 5.32 Å². The third-order valence-electron chi connectivity index (χ3n) is 2.11. The molecule has 0 saturated carbocycles. The van der Waals surface area contributed by atoms with Gasteiger partial charge in [-0.15, -0.1) is 0 Å². The summed E-state index contributed by atoms with van der Waals surface area (Å²) in [5, 5.41) is 20.0. The fourth-order valence-corrected chi connectivity index (χ4v) is 1.21. The number of hydrogen-bond acceptors (Lipinski definition) is 3. The third-order valence-corrected chi connectivity index (χ3v) is 2.11. The summed E-state index contributed by atoms with van der Waals surface area (Å²) < 4.78 is 36.9. The molecule has 1 aromatic carbocycles. The molecule has 96 valence electrons. The molecule has 2 N–H and O–H groups in total. The number of carbonyl (C=O) groups excluding carboxylic acids is 1. The quantitative estimate of drug-likeness (QED) is 0.852. The summed E-state index contributed by atoms with van der Waals surface area (Å²) in [6.45, 7) is 1.40. The van der Waals surface area contributed by atoms with Crippen molar-refractivity contribution < 1.29 is 23.1 Å². The molecule has 1 atom stereocenters. The van der Waals surface area contributed by atoms with Gasteiger partial charge < -0.3 is 10.4 Å². The van der Waals surface area contributed by atoms with Crippen molar-refractivity contribution in [3.05, 3.63) is 29.3 Å². The zero-order valence-electron chi connectivity index (χ0n) is 9.25. The first-order chi connectivity index (χ1) is 8.25. The lowest BCUT2D eigenvalue weighted by Crippen LogP contribution is -2.31. The molecule has 1 amide bonds. The van der Waals surface area contributed by atoms with E-state index in [9.17, 15) is 23.1 Å². The second kappa shape index (κ2) is 4.96. The Balaban J connectivity index is 3.00. The summed E-state index contributed by atoms with van der Waals surface area (Å²) in [5.41, 5.74) is -1.37. The summed E-state index contributed by atoms with van der Waals surface area (Å²) in [6, 6.07) is 2.93. The molecule has 0 aliphatic carbocycles. The van der Waals surface area contributed by atoms with E-state index in [-0.39, 0.29) is 5.56 Å². The van der Waals surface area contributed by atoms with Crippen molar-refractivity contribution in [2.24, 2.45) is 0 Å². The van der Waals surface area contributed by atoms with Crippen LogP contribution in [0.4, 0.5) is 13.2 Å². The highest BCUT2D eigenvalue weighted by Crippen LogP contribution is 2.32. The Morgan fingerprint density at radius 1 is 1.50 bits per heavy atom. The Bertz CT molecular complexity index is 506. The largest absolute Gasteiger partial charge is 0.507 e. The molecular formula is C11H9F3N2O2. The number of alkyl halides is 3. The number of rotatable bonds is 2. The zero-order chi connectivity index (χ0) is 13.9. The van der Waals surface area contributed by atoms with Gasteiger partial charge in [0.1, 0.15) is 11.8 Å². The maximum Gasteiger partial charge on any atom is 0.416 e. The van der Waals surface area contributed by atoms with Gasteiger partial charge in [-0.2, -0.15) is 18.4 Å². The molecule has 0 spiro atoms. The van der Waals surface area contributed by atoms with Gasteiger partial charge in [-0.05, 0) is 25.1 Å². The molecule has 0 fully saturated rings. The molecule has 0 heterocycles. The van der Waals surface area contributed by atoms with Crippen LogP contribution in [0.2, 0.25) is 0 Å². The standard InChI is InChI=1S/C11H9F3N2O2/c1-6(5-15)16-10(18)8-3-2-7(4-9(8)17)11(12,13)14/h2-4,6,17H,1H3,(H,16,18)/t6-/m1/s1. The van der Waals surface area contributed by atoms with Crippen LogP contribution in [0.3, 0.4) is 0 Å². The van der Waals surface area contributed by atoms with Crippen LogP contribution in [-0.2, 0) is 6.18 Å². The molecule has 0 unspecified atom stereocenters. The highest BCUT2D eigenvalue weighted by molar-refractivity contribution is 5.97. The number of phenolic OH excluding ortho intramolecular Hbond substituents is 1. The normalized spacial score (nSPS) is 12.6. The van der Waals surface area contributed by atoms with Crippen molar-refractivity contribution in [2.75, 3.05) is 0 Å². The molecule has 1 rings (SSSR count). The molecule has 0 aromatic heterocycles. The highest BCUT2D eigenvalue weighted by atomic mass is 19.4. The van der Waals surface area contributed by atoms with Gasteiger partial charge in [0.05, 0.1) is 17.2 Å². The van der Waals surface area contributed by atoms with Crippen LogP contribution in [0.1, 0.15) is 22.8 Å². The minimum absolute atomic E-state index is 0.315. The Morgan fingerprint density at radius 3 is 2.56 bits per heavy atom. The predicted octanol–water partition coefficient (Wildman–Crippen LogP) is 2.05. The molecule has 1 aromatic rings. The van der Waals surface area contributed by atoms with Crippen molar-refractivity contribution in [1.29, 1.82) is 5.26 Å². The van der Waals surface area contributed by atoms with E-state index in [0.717, 1.165) is 6.07 Å². The van der Waals surface area contributed by atoms with E-state index < -0.39 is 29.4 Å². The molecule has 18 heavy (non-hydrogen) atoms. The average Bonchev–Trinajstić information content (AvgIpc) is 2.27. The molecule has 0 bridgehead atoms. The molecular weight excluding hydrogens is 249 g/mol. The maximum atomic E-state index is 12.3. The third kappa shape index (κ3) is 3.13. The van der Waals surface area contributed by atoms with Gasteiger partial charge >= 0.3 is 6.18 Å². The molecule has 0 aliphatic rings. The van der Waals surface area contributed by atoms with Gasteiger partial charge in [-0.1, -0.05) is 0 Å². The van der Waals surface area contributed by atoms with Gasteiger partial charge in [-0.25, -0.2) is 0 Å². The van der Waals surface area contributed by atoms with Crippen LogP contribution in [-0.4, -0.2) is 17.1 Å². The fourth-order valence-electron chi connectivity index (χ4n) is 1.21.